The Morgan fingerprint density at radius 3 is 2.61 bits per heavy atom. The van der Waals surface area contributed by atoms with Crippen molar-refractivity contribution in [1.29, 1.82) is 0 Å². The van der Waals surface area contributed by atoms with Crippen LogP contribution in [0.2, 0.25) is 0 Å². The first-order valence-electron chi connectivity index (χ1n) is 7.53. The molecule has 116 valence electrons. The van der Waals surface area contributed by atoms with E-state index in [1.165, 1.54) is 16.7 Å². The third kappa shape index (κ3) is 3.83. The first-order chi connectivity index (χ1) is 11.2. The Balaban J connectivity index is 1.71. The average molecular weight is 305 g/mol. The molecule has 0 aliphatic carbocycles. The summed E-state index contributed by atoms with van der Waals surface area (Å²) < 4.78 is 0. The van der Waals surface area contributed by atoms with Crippen molar-refractivity contribution >= 4 is 17.5 Å². The van der Waals surface area contributed by atoms with Gasteiger partial charge in [0.25, 0.3) is 0 Å². The first-order valence-corrected chi connectivity index (χ1v) is 7.53. The molecule has 0 saturated carbocycles. The predicted octanol–water partition coefficient (Wildman–Crippen LogP) is 3.84. The Labute approximate surface area is 135 Å². The van der Waals surface area contributed by atoms with Gasteiger partial charge in [0.15, 0.2) is 5.82 Å². The number of aryl methyl sites for hydroxylation is 1. The fourth-order valence-electron chi connectivity index (χ4n) is 2.24. The highest BCUT2D eigenvalue weighted by Crippen LogP contribution is 2.21. The summed E-state index contributed by atoms with van der Waals surface area (Å²) in [6.07, 6.45) is 1.62. The second-order valence-corrected chi connectivity index (χ2v) is 5.38. The van der Waals surface area contributed by atoms with E-state index >= 15 is 0 Å². The zero-order valence-electron chi connectivity index (χ0n) is 13.2. The van der Waals surface area contributed by atoms with Crippen LogP contribution in [0.3, 0.4) is 0 Å². The van der Waals surface area contributed by atoms with Gasteiger partial charge >= 0.3 is 0 Å². The lowest BCUT2D eigenvalue weighted by Gasteiger charge is -2.11. The first kappa shape index (κ1) is 15.0. The van der Waals surface area contributed by atoms with Crippen LogP contribution in [0.1, 0.15) is 16.7 Å². The van der Waals surface area contributed by atoms with E-state index in [2.05, 4.69) is 57.9 Å². The molecule has 2 aromatic carbocycles. The number of anilines is 3. The zero-order valence-corrected chi connectivity index (χ0v) is 13.2. The van der Waals surface area contributed by atoms with Crippen LogP contribution in [0, 0.1) is 13.8 Å². The number of aromatic nitrogens is 3. The van der Waals surface area contributed by atoms with Gasteiger partial charge in [0.2, 0.25) is 5.95 Å². The lowest BCUT2D eigenvalue weighted by Crippen LogP contribution is -2.06. The molecule has 1 aromatic heterocycles. The number of hydrogen-bond acceptors (Lipinski definition) is 5. The van der Waals surface area contributed by atoms with E-state index in [1.807, 2.05) is 30.3 Å². The number of nitrogens with one attached hydrogen (secondary N) is 2. The minimum Gasteiger partial charge on any atom is -0.365 e. The van der Waals surface area contributed by atoms with E-state index in [0.29, 0.717) is 18.3 Å². The quantitative estimate of drug-likeness (QED) is 0.750. The minimum atomic E-state index is 0.483. The Morgan fingerprint density at radius 1 is 0.957 bits per heavy atom. The molecule has 1 heterocycles. The van der Waals surface area contributed by atoms with E-state index in [4.69, 9.17) is 0 Å². The second-order valence-electron chi connectivity index (χ2n) is 5.38. The van der Waals surface area contributed by atoms with Gasteiger partial charge in [-0.25, -0.2) is 0 Å². The van der Waals surface area contributed by atoms with Crippen molar-refractivity contribution in [2.75, 3.05) is 10.6 Å². The van der Waals surface area contributed by atoms with Crippen molar-refractivity contribution in [3.8, 4) is 0 Å². The van der Waals surface area contributed by atoms with Crippen molar-refractivity contribution in [2.24, 2.45) is 0 Å². The maximum absolute atomic E-state index is 4.46. The zero-order chi connectivity index (χ0) is 16.1. The van der Waals surface area contributed by atoms with Gasteiger partial charge in [0, 0.05) is 12.2 Å². The van der Waals surface area contributed by atoms with E-state index < -0.39 is 0 Å². The Bertz CT molecular complexity index is 786. The van der Waals surface area contributed by atoms with Crippen LogP contribution >= 0.6 is 0 Å². The van der Waals surface area contributed by atoms with Crippen LogP contribution in [0.15, 0.2) is 54.7 Å². The molecular weight excluding hydrogens is 286 g/mol. The standard InChI is InChI=1S/C18H19N5/c1-13-7-6-10-16(14(13)2)21-18-22-17(12-20-23-18)19-11-15-8-4-3-5-9-15/h3-10,12H,11H2,1-2H3,(H2,19,21,22,23). The summed E-state index contributed by atoms with van der Waals surface area (Å²) in [4.78, 5) is 4.46. The van der Waals surface area contributed by atoms with Gasteiger partial charge < -0.3 is 10.6 Å². The van der Waals surface area contributed by atoms with E-state index in [9.17, 15) is 0 Å². The van der Waals surface area contributed by atoms with Gasteiger partial charge in [-0.2, -0.15) is 10.1 Å². The van der Waals surface area contributed by atoms with E-state index in [0.717, 1.165) is 5.69 Å². The molecule has 0 radical (unpaired) electrons. The van der Waals surface area contributed by atoms with Crippen molar-refractivity contribution in [3.63, 3.8) is 0 Å². The van der Waals surface area contributed by atoms with Gasteiger partial charge in [-0.3, -0.25) is 0 Å². The maximum Gasteiger partial charge on any atom is 0.249 e. The minimum absolute atomic E-state index is 0.483. The number of nitrogens with zero attached hydrogens (tertiary/aromatic N) is 3. The van der Waals surface area contributed by atoms with Gasteiger partial charge in [-0.05, 0) is 36.6 Å². The van der Waals surface area contributed by atoms with Crippen molar-refractivity contribution in [2.45, 2.75) is 20.4 Å². The molecule has 0 amide bonds. The average Bonchev–Trinajstić information content (AvgIpc) is 2.59. The number of benzene rings is 2. The van der Waals surface area contributed by atoms with Crippen molar-refractivity contribution in [1.82, 2.24) is 15.2 Å². The molecular formula is C18H19N5. The van der Waals surface area contributed by atoms with Crippen LogP contribution in [-0.4, -0.2) is 15.2 Å². The largest absolute Gasteiger partial charge is 0.365 e. The van der Waals surface area contributed by atoms with E-state index in [-0.39, 0.29) is 0 Å². The summed E-state index contributed by atoms with van der Waals surface area (Å²) in [6.45, 7) is 4.85. The van der Waals surface area contributed by atoms with Crippen LogP contribution in [0.5, 0.6) is 0 Å². The lowest BCUT2D eigenvalue weighted by molar-refractivity contribution is 0.965. The summed E-state index contributed by atoms with van der Waals surface area (Å²) in [6, 6.07) is 16.3. The summed E-state index contributed by atoms with van der Waals surface area (Å²) in [5.74, 6) is 1.17. The Hall–Kier alpha value is -2.95. The molecule has 0 aliphatic rings. The van der Waals surface area contributed by atoms with Gasteiger partial charge in [-0.15, -0.1) is 5.10 Å². The molecule has 3 aromatic rings. The smallest absolute Gasteiger partial charge is 0.249 e. The lowest BCUT2D eigenvalue weighted by atomic mass is 10.1. The van der Waals surface area contributed by atoms with Crippen molar-refractivity contribution < 1.29 is 0 Å². The molecule has 3 rings (SSSR count). The highest BCUT2D eigenvalue weighted by Gasteiger charge is 2.05. The van der Waals surface area contributed by atoms with Gasteiger partial charge in [-0.1, -0.05) is 42.5 Å². The number of hydrogen-bond donors (Lipinski definition) is 2. The summed E-state index contributed by atoms with van der Waals surface area (Å²) >= 11 is 0. The fourth-order valence-corrected chi connectivity index (χ4v) is 2.24. The molecule has 0 atom stereocenters. The van der Waals surface area contributed by atoms with Crippen LogP contribution in [0.4, 0.5) is 17.5 Å². The Kier molecular flexibility index (Phi) is 4.47. The van der Waals surface area contributed by atoms with Crippen LogP contribution < -0.4 is 10.6 Å². The molecule has 5 heteroatoms. The molecule has 0 bridgehead atoms. The van der Waals surface area contributed by atoms with Crippen LogP contribution in [0.25, 0.3) is 0 Å². The van der Waals surface area contributed by atoms with E-state index in [1.54, 1.807) is 6.20 Å². The molecule has 0 unspecified atom stereocenters. The fraction of sp³-hybridized carbons (Fsp3) is 0.167. The SMILES string of the molecule is Cc1cccc(Nc2nncc(NCc3ccccc3)n2)c1C. The molecule has 5 nitrogen and oxygen atoms in total. The van der Waals surface area contributed by atoms with Gasteiger partial charge in [0.1, 0.15) is 0 Å². The summed E-state index contributed by atoms with van der Waals surface area (Å²) in [5, 5.41) is 14.5. The normalized spacial score (nSPS) is 10.3. The third-order valence-corrected chi connectivity index (χ3v) is 3.73. The molecule has 0 spiro atoms. The third-order valence-electron chi connectivity index (χ3n) is 3.73. The monoisotopic (exact) mass is 305 g/mol. The van der Waals surface area contributed by atoms with Crippen LogP contribution in [-0.2, 0) is 6.54 Å². The van der Waals surface area contributed by atoms with Gasteiger partial charge in [0.05, 0.1) is 6.20 Å². The number of rotatable bonds is 5. The topological polar surface area (TPSA) is 62.7 Å². The second kappa shape index (κ2) is 6.87. The molecule has 23 heavy (non-hydrogen) atoms. The maximum atomic E-state index is 4.46. The van der Waals surface area contributed by atoms with Crippen molar-refractivity contribution in [3.05, 3.63) is 71.4 Å². The summed E-state index contributed by atoms with van der Waals surface area (Å²) in [5.41, 5.74) is 4.59. The predicted molar refractivity (Wildman–Crippen MR) is 92.8 cm³/mol. The Morgan fingerprint density at radius 2 is 1.78 bits per heavy atom. The molecule has 0 aliphatic heterocycles. The summed E-state index contributed by atoms with van der Waals surface area (Å²) in [7, 11) is 0. The molecule has 0 saturated heterocycles. The highest BCUT2D eigenvalue weighted by atomic mass is 15.3. The molecule has 0 fully saturated rings. The molecule has 2 N–H and O–H groups in total. The highest BCUT2D eigenvalue weighted by molar-refractivity contribution is 5.60.